The fraction of sp³-hybridized carbons (Fsp3) is 0.450. The summed E-state index contributed by atoms with van der Waals surface area (Å²) in [6.45, 7) is 3.37. The molecule has 0 unspecified atom stereocenters. The molecule has 0 aromatic heterocycles. The van der Waals surface area contributed by atoms with E-state index < -0.39 is 36.2 Å². The van der Waals surface area contributed by atoms with Crippen molar-refractivity contribution in [2.24, 2.45) is 0 Å². The Hall–Kier alpha value is -3.43. The number of ether oxygens (including phenoxy) is 1. The summed E-state index contributed by atoms with van der Waals surface area (Å²) in [6.07, 6.45) is 0.115. The minimum absolute atomic E-state index is 0.0569. The molecule has 0 aliphatic carbocycles. The first-order chi connectivity index (χ1) is 14.3. The molecule has 3 aliphatic rings. The monoisotopic (exact) mass is 414 g/mol. The van der Waals surface area contributed by atoms with Gasteiger partial charge in [0, 0.05) is 32.0 Å². The molecule has 0 radical (unpaired) electrons. The predicted octanol–water partition coefficient (Wildman–Crippen LogP) is 0.469. The fourth-order valence-corrected chi connectivity index (χ4v) is 4.40. The van der Waals surface area contributed by atoms with E-state index in [-0.39, 0.29) is 31.2 Å². The Morgan fingerprint density at radius 3 is 2.60 bits per heavy atom. The first-order valence-electron chi connectivity index (χ1n) is 9.80. The van der Waals surface area contributed by atoms with Crippen molar-refractivity contribution in [3.63, 3.8) is 0 Å². The second kappa shape index (κ2) is 7.12. The number of rotatable bonds is 4. The van der Waals surface area contributed by atoms with Crippen LogP contribution in [0.25, 0.3) is 0 Å². The van der Waals surface area contributed by atoms with E-state index in [2.05, 4.69) is 5.32 Å². The van der Waals surface area contributed by atoms with Gasteiger partial charge < -0.3 is 15.0 Å². The fourth-order valence-electron chi connectivity index (χ4n) is 4.40. The maximum Gasteiger partial charge on any atom is 0.354 e. The van der Waals surface area contributed by atoms with Crippen molar-refractivity contribution < 1.29 is 28.7 Å². The molecule has 3 aliphatic heterocycles. The lowest BCUT2D eigenvalue weighted by Crippen LogP contribution is -2.70. The van der Waals surface area contributed by atoms with E-state index in [0.717, 1.165) is 4.90 Å². The van der Waals surface area contributed by atoms with Gasteiger partial charge in [-0.1, -0.05) is 12.1 Å². The molecule has 3 heterocycles. The van der Waals surface area contributed by atoms with Crippen molar-refractivity contribution in [2.45, 2.75) is 38.4 Å². The number of carbonyl (C=O) groups excluding carboxylic acids is 5. The Morgan fingerprint density at radius 1 is 1.20 bits per heavy atom. The lowest BCUT2D eigenvalue weighted by Gasteiger charge is -2.50. The van der Waals surface area contributed by atoms with Gasteiger partial charge >= 0.3 is 12.0 Å². The summed E-state index contributed by atoms with van der Waals surface area (Å²) in [4.78, 5) is 67.0. The van der Waals surface area contributed by atoms with Crippen LogP contribution in [0.15, 0.2) is 24.3 Å². The van der Waals surface area contributed by atoms with Gasteiger partial charge in [-0.25, -0.2) is 9.59 Å². The average molecular weight is 414 g/mol. The second-order valence-electron chi connectivity index (χ2n) is 7.69. The minimum Gasteiger partial charge on any atom is -0.452 e. The highest BCUT2D eigenvalue weighted by Gasteiger charge is 2.62. The van der Waals surface area contributed by atoms with E-state index in [0.29, 0.717) is 17.8 Å². The maximum absolute atomic E-state index is 13.3. The number of benzene rings is 1. The second-order valence-corrected chi connectivity index (χ2v) is 7.69. The lowest BCUT2D eigenvalue weighted by molar-refractivity contribution is -0.162. The quantitative estimate of drug-likeness (QED) is 0.716. The average Bonchev–Trinajstić information content (AvgIpc) is 3.30. The first-order valence-corrected chi connectivity index (χ1v) is 9.80. The van der Waals surface area contributed by atoms with E-state index in [9.17, 15) is 24.0 Å². The van der Waals surface area contributed by atoms with Gasteiger partial charge in [0.05, 0.1) is 11.3 Å². The highest BCUT2D eigenvalue weighted by Crippen LogP contribution is 2.45. The molecule has 4 rings (SSSR count). The number of para-hydroxylation sites is 1. The Morgan fingerprint density at radius 2 is 1.93 bits per heavy atom. The predicted molar refractivity (Wildman–Crippen MR) is 103 cm³/mol. The summed E-state index contributed by atoms with van der Waals surface area (Å²) in [5.41, 5.74) is -0.983. The third kappa shape index (κ3) is 2.74. The number of hydrogen-bond donors (Lipinski definition) is 1. The number of urea groups is 1. The van der Waals surface area contributed by atoms with Crippen LogP contribution < -0.4 is 10.2 Å². The molecular weight excluding hydrogens is 392 g/mol. The molecule has 1 N–H and O–H groups in total. The van der Waals surface area contributed by atoms with E-state index in [1.807, 2.05) is 0 Å². The molecule has 2 fully saturated rings. The van der Waals surface area contributed by atoms with Gasteiger partial charge in [0.1, 0.15) is 0 Å². The SMILES string of the molecule is CC(C)N1C(=O)c2ccccc2N2C(=O)CC[C@@]21C(=O)OCC(=O)N1CCNC1=O. The number of carbonyl (C=O) groups is 5. The number of nitrogens with one attached hydrogen (secondary N) is 1. The molecule has 30 heavy (non-hydrogen) atoms. The van der Waals surface area contributed by atoms with Crippen LogP contribution in [0.2, 0.25) is 0 Å². The van der Waals surface area contributed by atoms with Crippen molar-refractivity contribution in [3.8, 4) is 0 Å². The number of anilines is 1. The molecule has 1 atom stereocenters. The summed E-state index contributed by atoms with van der Waals surface area (Å²) in [6, 6.07) is 5.67. The Bertz CT molecular complexity index is 960. The molecule has 10 nitrogen and oxygen atoms in total. The van der Waals surface area contributed by atoms with Crippen LogP contribution in [-0.2, 0) is 19.1 Å². The summed E-state index contributed by atoms with van der Waals surface area (Å²) in [7, 11) is 0. The van der Waals surface area contributed by atoms with Crippen LogP contribution in [0.3, 0.4) is 0 Å². The standard InChI is InChI=1S/C20H22N4O6/c1-12(2)23-17(27)13-5-3-4-6-14(13)24-15(25)7-8-20(23,24)18(28)30-11-16(26)22-10-9-21-19(22)29/h3-6,12H,7-11H2,1-2H3,(H,21,29)/t20-/m0/s1. The van der Waals surface area contributed by atoms with Crippen molar-refractivity contribution in [1.82, 2.24) is 15.1 Å². The topological polar surface area (TPSA) is 116 Å². The molecule has 1 aromatic carbocycles. The summed E-state index contributed by atoms with van der Waals surface area (Å²) >= 11 is 0. The molecule has 0 spiro atoms. The van der Waals surface area contributed by atoms with Gasteiger partial charge in [-0.15, -0.1) is 0 Å². The molecule has 0 bridgehead atoms. The van der Waals surface area contributed by atoms with Crippen LogP contribution in [0, 0.1) is 0 Å². The number of fused-ring (bicyclic) bond motifs is 3. The smallest absolute Gasteiger partial charge is 0.354 e. The van der Waals surface area contributed by atoms with Gasteiger partial charge in [0.15, 0.2) is 6.61 Å². The zero-order valence-corrected chi connectivity index (χ0v) is 16.7. The first kappa shape index (κ1) is 19.9. The molecule has 158 valence electrons. The van der Waals surface area contributed by atoms with Crippen molar-refractivity contribution in [1.29, 1.82) is 0 Å². The van der Waals surface area contributed by atoms with Gasteiger partial charge in [-0.2, -0.15) is 0 Å². The lowest BCUT2D eigenvalue weighted by atomic mass is 9.95. The van der Waals surface area contributed by atoms with Gasteiger partial charge in [0.2, 0.25) is 11.6 Å². The van der Waals surface area contributed by atoms with E-state index in [4.69, 9.17) is 4.74 Å². The zero-order chi connectivity index (χ0) is 21.6. The van der Waals surface area contributed by atoms with Crippen LogP contribution in [-0.4, -0.2) is 70.9 Å². The molecule has 10 heteroatoms. The summed E-state index contributed by atoms with van der Waals surface area (Å²) < 4.78 is 5.30. The van der Waals surface area contributed by atoms with Gasteiger partial charge in [-0.05, 0) is 26.0 Å². The number of imide groups is 1. The normalized spacial score (nSPS) is 22.9. The zero-order valence-electron chi connectivity index (χ0n) is 16.7. The number of nitrogens with zero attached hydrogens (tertiary/aromatic N) is 3. The third-order valence-electron chi connectivity index (χ3n) is 5.63. The maximum atomic E-state index is 13.3. The Labute approximate surface area is 172 Å². The van der Waals surface area contributed by atoms with Crippen LogP contribution in [0.4, 0.5) is 10.5 Å². The van der Waals surface area contributed by atoms with Crippen LogP contribution in [0.1, 0.15) is 37.0 Å². The van der Waals surface area contributed by atoms with Crippen molar-refractivity contribution >= 4 is 35.4 Å². The largest absolute Gasteiger partial charge is 0.452 e. The summed E-state index contributed by atoms with van der Waals surface area (Å²) in [5.74, 6) is -2.21. The number of amides is 5. The van der Waals surface area contributed by atoms with Gasteiger partial charge in [-0.3, -0.25) is 24.2 Å². The van der Waals surface area contributed by atoms with Crippen molar-refractivity contribution in [2.75, 3.05) is 24.6 Å². The number of hydrogen-bond acceptors (Lipinski definition) is 6. The van der Waals surface area contributed by atoms with Gasteiger partial charge in [0.25, 0.3) is 11.8 Å². The Balaban J connectivity index is 1.69. The van der Waals surface area contributed by atoms with Crippen LogP contribution in [0.5, 0.6) is 0 Å². The summed E-state index contributed by atoms with van der Waals surface area (Å²) in [5, 5.41) is 2.50. The van der Waals surface area contributed by atoms with E-state index in [1.54, 1.807) is 38.1 Å². The highest BCUT2D eigenvalue weighted by molar-refractivity contribution is 6.15. The number of esters is 1. The van der Waals surface area contributed by atoms with E-state index >= 15 is 0 Å². The van der Waals surface area contributed by atoms with E-state index in [1.165, 1.54) is 9.80 Å². The molecule has 2 saturated heterocycles. The minimum atomic E-state index is -1.66. The molecule has 1 aromatic rings. The third-order valence-corrected chi connectivity index (χ3v) is 5.63. The molecule has 0 saturated carbocycles. The Kier molecular flexibility index (Phi) is 4.71. The van der Waals surface area contributed by atoms with Crippen molar-refractivity contribution in [3.05, 3.63) is 29.8 Å². The van der Waals surface area contributed by atoms with Crippen LogP contribution >= 0.6 is 0 Å². The molecule has 5 amide bonds. The highest BCUT2D eigenvalue weighted by atomic mass is 16.5. The molecular formula is C20H22N4O6.